The molecule has 0 spiro atoms. The molecule has 1 aliphatic rings. The van der Waals surface area contributed by atoms with E-state index in [9.17, 15) is 5.11 Å². The van der Waals surface area contributed by atoms with Gasteiger partial charge in [-0.3, -0.25) is 9.80 Å². The van der Waals surface area contributed by atoms with Crippen molar-refractivity contribution in [3.63, 3.8) is 0 Å². The first-order chi connectivity index (χ1) is 14.1. The van der Waals surface area contributed by atoms with Crippen molar-refractivity contribution in [2.24, 2.45) is 0 Å². The number of hydrogen-bond donors (Lipinski definition) is 1. The van der Waals surface area contributed by atoms with E-state index in [1.54, 1.807) is 18.9 Å². The highest BCUT2D eigenvalue weighted by Gasteiger charge is 2.20. The van der Waals surface area contributed by atoms with Crippen LogP contribution in [0.15, 0.2) is 53.4 Å². The number of thioether (sulfide) groups is 1. The lowest BCUT2D eigenvalue weighted by Crippen LogP contribution is -2.49. The van der Waals surface area contributed by atoms with Gasteiger partial charge in [0.2, 0.25) is 0 Å². The standard InChI is InChI=1S/C23H33N3O2S/c1-24(16-19-9-10-23(29-3)22(15-19)28-2)17-21(27)18-25-11-13-26(14-12-25)20-7-5-4-6-8-20/h4-10,15,21,27H,11-14,16-18H2,1-3H3. The van der Waals surface area contributed by atoms with Gasteiger partial charge in [-0.2, -0.15) is 0 Å². The van der Waals surface area contributed by atoms with Crippen LogP contribution < -0.4 is 9.64 Å². The van der Waals surface area contributed by atoms with E-state index in [4.69, 9.17) is 4.74 Å². The Balaban J connectivity index is 1.43. The molecule has 0 aliphatic carbocycles. The molecule has 0 aromatic heterocycles. The van der Waals surface area contributed by atoms with Crippen LogP contribution in [0.3, 0.4) is 0 Å². The second-order valence-corrected chi connectivity index (χ2v) is 8.51. The van der Waals surface area contributed by atoms with Gasteiger partial charge in [-0.15, -0.1) is 11.8 Å². The number of hydrogen-bond acceptors (Lipinski definition) is 6. The summed E-state index contributed by atoms with van der Waals surface area (Å²) in [6.45, 7) is 6.17. The van der Waals surface area contributed by atoms with Crippen molar-refractivity contribution in [2.75, 3.05) is 64.6 Å². The average molecular weight is 416 g/mol. The molecule has 0 saturated carbocycles. The van der Waals surface area contributed by atoms with Crippen LogP contribution in [0.5, 0.6) is 5.75 Å². The largest absolute Gasteiger partial charge is 0.496 e. The molecule has 1 saturated heterocycles. The van der Waals surface area contributed by atoms with E-state index in [2.05, 4.69) is 76.5 Å². The summed E-state index contributed by atoms with van der Waals surface area (Å²) in [7, 11) is 3.77. The molecule has 1 atom stereocenters. The van der Waals surface area contributed by atoms with E-state index in [1.807, 2.05) is 0 Å². The summed E-state index contributed by atoms with van der Waals surface area (Å²) >= 11 is 1.69. The fourth-order valence-electron chi connectivity index (χ4n) is 3.90. The Kier molecular flexibility index (Phi) is 8.24. The maximum Gasteiger partial charge on any atom is 0.132 e. The number of methoxy groups -OCH3 is 1. The van der Waals surface area contributed by atoms with Gasteiger partial charge >= 0.3 is 0 Å². The molecule has 6 heteroatoms. The first-order valence-electron chi connectivity index (χ1n) is 10.2. The van der Waals surface area contributed by atoms with E-state index >= 15 is 0 Å². The highest BCUT2D eigenvalue weighted by Crippen LogP contribution is 2.28. The van der Waals surface area contributed by atoms with Crippen molar-refractivity contribution in [1.29, 1.82) is 0 Å². The molecule has 0 radical (unpaired) electrons. The lowest BCUT2D eigenvalue weighted by Gasteiger charge is -2.37. The van der Waals surface area contributed by atoms with Gasteiger partial charge in [0.25, 0.3) is 0 Å². The molecule has 1 N–H and O–H groups in total. The van der Waals surface area contributed by atoms with Gasteiger partial charge in [-0.1, -0.05) is 24.3 Å². The van der Waals surface area contributed by atoms with Crippen molar-refractivity contribution in [2.45, 2.75) is 17.5 Å². The second kappa shape index (κ2) is 10.9. The zero-order valence-corrected chi connectivity index (χ0v) is 18.6. The number of benzene rings is 2. The third kappa shape index (κ3) is 6.37. The lowest BCUT2D eigenvalue weighted by molar-refractivity contribution is 0.0776. The van der Waals surface area contributed by atoms with Gasteiger partial charge in [0, 0.05) is 56.4 Å². The Hall–Kier alpha value is -1.73. The third-order valence-electron chi connectivity index (χ3n) is 5.39. The first kappa shape index (κ1) is 22.0. The minimum atomic E-state index is -0.351. The number of rotatable bonds is 9. The van der Waals surface area contributed by atoms with Crippen molar-refractivity contribution in [3.8, 4) is 5.75 Å². The molecule has 0 bridgehead atoms. The number of aliphatic hydroxyl groups excluding tert-OH is 1. The van der Waals surface area contributed by atoms with Crippen LogP contribution in [-0.4, -0.2) is 80.7 Å². The van der Waals surface area contributed by atoms with Crippen molar-refractivity contribution >= 4 is 17.4 Å². The minimum absolute atomic E-state index is 0.351. The van der Waals surface area contributed by atoms with Crippen LogP contribution in [0.2, 0.25) is 0 Å². The molecule has 1 fully saturated rings. The zero-order valence-electron chi connectivity index (χ0n) is 17.8. The summed E-state index contributed by atoms with van der Waals surface area (Å²) in [6, 6.07) is 16.9. The number of likely N-dealkylation sites (N-methyl/N-ethyl adjacent to an activating group) is 1. The topological polar surface area (TPSA) is 39.2 Å². The molecule has 3 rings (SSSR count). The molecule has 0 amide bonds. The van der Waals surface area contributed by atoms with Gasteiger partial charge in [0.05, 0.1) is 13.2 Å². The predicted octanol–water partition coefficient (Wildman–Crippen LogP) is 3.03. The van der Waals surface area contributed by atoms with Crippen LogP contribution in [0.25, 0.3) is 0 Å². The molecule has 2 aromatic rings. The Labute approximate surface area is 179 Å². The fourth-order valence-corrected chi connectivity index (χ4v) is 4.45. The Morgan fingerprint density at radius 2 is 1.83 bits per heavy atom. The highest BCUT2D eigenvalue weighted by atomic mass is 32.2. The number of anilines is 1. The van der Waals surface area contributed by atoms with Gasteiger partial charge in [0.1, 0.15) is 5.75 Å². The number of β-amino-alcohol motifs (C(OH)–C–C–N with tert-alkyl or cyclic N) is 1. The number of nitrogens with zero attached hydrogens (tertiary/aromatic N) is 3. The minimum Gasteiger partial charge on any atom is -0.496 e. The first-order valence-corrected chi connectivity index (χ1v) is 11.4. The summed E-state index contributed by atoms with van der Waals surface area (Å²) in [6.07, 6.45) is 1.70. The van der Waals surface area contributed by atoms with E-state index in [0.717, 1.165) is 49.9 Å². The Morgan fingerprint density at radius 3 is 2.48 bits per heavy atom. The summed E-state index contributed by atoms with van der Waals surface area (Å²) < 4.78 is 5.48. The SMILES string of the molecule is COc1cc(CN(C)CC(O)CN2CCN(c3ccccc3)CC2)ccc1SC. The second-order valence-electron chi connectivity index (χ2n) is 7.66. The summed E-state index contributed by atoms with van der Waals surface area (Å²) in [4.78, 5) is 8.11. The van der Waals surface area contributed by atoms with E-state index in [1.165, 1.54) is 11.3 Å². The normalized spacial score (nSPS) is 16.2. The average Bonchev–Trinajstić information content (AvgIpc) is 2.74. The summed E-state index contributed by atoms with van der Waals surface area (Å²) in [5, 5.41) is 10.6. The van der Waals surface area contributed by atoms with Crippen molar-refractivity contribution < 1.29 is 9.84 Å². The molecule has 158 valence electrons. The number of aliphatic hydroxyl groups is 1. The third-order valence-corrected chi connectivity index (χ3v) is 6.16. The maximum absolute atomic E-state index is 10.6. The molecule has 5 nitrogen and oxygen atoms in total. The van der Waals surface area contributed by atoms with Gasteiger partial charge in [0.15, 0.2) is 0 Å². The van der Waals surface area contributed by atoms with Crippen molar-refractivity contribution in [1.82, 2.24) is 9.80 Å². The highest BCUT2D eigenvalue weighted by molar-refractivity contribution is 7.98. The number of para-hydroxylation sites is 1. The molecule has 29 heavy (non-hydrogen) atoms. The fraction of sp³-hybridized carbons (Fsp3) is 0.478. The summed E-state index contributed by atoms with van der Waals surface area (Å²) in [5.74, 6) is 0.917. The summed E-state index contributed by atoms with van der Waals surface area (Å²) in [5.41, 5.74) is 2.49. The molecule has 1 heterocycles. The zero-order chi connectivity index (χ0) is 20.6. The van der Waals surface area contributed by atoms with E-state index in [-0.39, 0.29) is 6.10 Å². The van der Waals surface area contributed by atoms with Crippen LogP contribution in [0.1, 0.15) is 5.56 Å². The van der Waals surface area contributed by atoms with Crippen LogP contribution in [-0.2, 0) is 6.54 Å². The molecule has 1 aliphatic heterocycles. The van der Waals surface area contributed by atoms with E-state index in [0.29, 0.717) is 6.54 Å². The Morgan fingerprint density at radius 1 is 1.10 bits per heavy atom. The Bertz CT molecular complexity index is 751. The van der Waals surface area contributed by atoms with E-state index < -0.39 is 0 Å². The quantitative estimate of drug-likeness (QED) is 0.635. The molecule has 2 aromatic carbocycles. The number of ether oxygens (including phenoxy) is 1. The predicted molar refractivity (Wildman–Crippen MR) is 122 cm³/mol. The van der Waals surface area contributed by atoms with Crippen LogP contribution >= 0.6 is 11.8 Å². The molecular weight excluding hydrogens is 382 g/mol. The van der Waals surface area contributed by atoms with Gasteiger partial charge < -0.3 is 14.7 Å². The number of piperazine rings is 1. The molecule has 1 unspecified atom stereocenters. The monoisotopic (exact) mass is 415 g/mol. The van der Waals surface area contributed by atoms with Gasteiger partial charge in [-0.05, 0) is 43.1 Å². The van der Waals surface area contributed by atoms with Crippen LogP contribution in [0.4, 0.5) is 5.69 Å². The van der Waals surface area contributed by atoms with Crippen LogP contribution in [0, 0.1) is 0 Å². The van der Waals surface area contributed by atoms with Gasteiger partial charge in [-0.25, -0.2) is 0 Å². The lowest BCUT2D eigenvalue weighted by atomic mass is 10.2. The van der Waals surface area contributed by atoms with Crippen molar-refractivity contribution in [3.05, 3.63) is 54.1 Å². The molecular formula is C23H33N3O2S. The maximum atomic E-state index is 10.6. The smallest absolute Gasteiger partial charge is 0.132 e.